The second-order valence-corrected chi connectivity index (χ2v) is 7.31. The predicted molar refractivity (Wildman–Crippen MR) is 114 cm³/mol. The molecule has 9 heteroatoms. The molecule has 0 saturated carbocycles. The number of nitrogens with zero attached hydrogens (tertiary/aromatic N) is 5. The molecule has 160 valence electrons. The molecule has 1 aliphatic heterocycles. The topological polar surface area (TPSA) is 84.5 Å². The van der Waals surface area contributed by atoms with Gasteiger partial charge in [0, 0.05) is 43.9 Å². The number of amides is 1. The fraction of sp³-hybridized carbons (Fsp3) is 0.273. The van der Waals surface area contributed by atoms with Crippen molar-refractivity contribution >= 4 is 11.6 Å². The molecular weight excluding hydrogens is 401 g/mol. The van der Waals surface area contributed by atoms with Gasteiger partial charge < -0.3 is 9.80 Å². The largest absolute Gasteiger partial charge is 0.335 e. The zero-order valence-corrected chi connectivity index (χ0v) is 17.1. The van der Waals surface area contributed by atoms with Gasteiger partial charge in [0.25, 0.3) is 11.6 Å². The molecule has 4 rings (SSSR count). The lowest BCUT2D eigenvalue weighted by molar-refractivity contribution is -0.384. The Morgan fingerprint density at radius 2 is 1.77 bits per heavy atom. The number of nitro groups is 1. The highest BCUT2D eigenvalue weighted by Crippen LogP contribution is 2.26. The number of carbonyl (C=O) groups excluding carboxylic acids is 1. The summed E-state index contributed by atoms with van der Waals surface area (Å²) >= 11 is 0. The lowest BCUT2D eigenvalue weighted by atomic mass is 10.1. The second kappa shape index (κ2) is 8.65. The van der Waals surface area contributed by atoms with Crippen LogP contribution < -0.4 is 0 Å². The summed E-state index contributed by atoms with van der Waals surface area (Å²) in [4.78, 5) is 27.9. The SMILES string of the molecule is CCN1CCN(C(=O)c2cc(-c3ccccc3F)nn2-c2ccc([N+](=O)[O-])cc2)CC1. The predicted octanol–water partition coefficient (Wildman–Crippen LogP) is 3.36. The lowest BCUT2D eigenvalue weighted by Crippen LogP contribution is -2.48. The summed E-state index contributed by atoms with van der Waals surface area (Å²) in [5.74, 6) is -0.643. The monoisotopic (exact) mass is 423 g/mol. The first kappa shape index (κ1) is 20.7. The first-order valence-corrected chi connectivity index (χ1v) is 10.1. The van der Waals surface area contributed by atoms with E-state index in [0.29, 0.717) is 24.5 Å². The molecule has 0 radical (unpaired) electrons. The van der Waals surface area contributed by atoms with E-state index in [1.165, 1.54) is 35.0 Å². The van der Waals surface area contributed by atoms with Crippen molar-refractivity contribution in [3.8, 4) is 16.9 Å². The van der Waals surface area contributed by atoms with E-state index in [4.69, 9.17) is 0 Å². The Balaban J connectivity index is 1.74. The third-order valence-corrected chi connectivity index (χ3v) is 5.49. The molecule has 1 amide bonds. The Bertz CT molecular complexity index is 1100. The van der Waals surface area contributed by atoms with Gasteiger partial charge in [0.15, 0.2) is 0 Å². The number of hydrogen-bond acceptors (Lipinski definition) is 5. The smallest absolute Gasteiger partial charge is 0.272 e. The van der Waals surface area contributed by atoms with Gasteiger partial charge in [-0.2, -0.15) is 5.10 Å². The fourth-order valence-electron chi connectivity index (χ4n) is 3.68. The van der Waals surface area contributed by atoms with Crippen molar-refractivity contribution in [1.29, 1.82) is 0 Å². The molecule has 1 aromatic heterocycles. The van der Waals surface area contributed by atoms with Gasteiger partial charge >= 0.3 is 0 Å². The number of rotatable bonds is 5. The van der Waals surface area contributed by atoms with E-state index in [2.05, 4.69) is 16.9 Å². The number of carbonyl (C=O) groups is 1. The third-order valence-electron chi connectivity index (χ3n) is 5.49. The zero-order valence-electron chi connectivity index (χ0n) is 17.1. The molecule has 0 spiro atoms. The highest BCUT2D eigenvalue weighted by molar-refractivity contribution is 5.94. The van der Waals surface area contributed by atoms with Crippen LogP contribution >= 0.6 is 0 Å². The molecule has 31 heavy (non-hydrogen) atoms. The molecular formula is C22H22FN5O3. The Hall–Kier alpha value is -3.59. The van der Waals surface area contributed by atoms with E-state index in [9.17, 15) is 19.3 Å². The summed E-state index contributed by atoms with van der Waals surface area (Å²) < 4.78 is 15.8. The quantitative estimate of drug-likeness (QED) is 0.464. The molecule has 0 bridgehead atoms. The average molecular weight is 423 g/mol. The molecule has 1 saturated heterocycles. The van der Waals surface area contributed by atoms with Crippen LogP contribution in [0.25, 0.3) is 16.9 Å². The standard InChI is InChI=1S/C22H22FN5O3/c1-2-25-11-13-26(14-12-25)22(29)21-15-20(18-5-3-4-6-19(18)23)24-27(21)16-7-9-17(10-8-16)28(30)31/h3-10,15H,2,11-14H2,1H3. The Morgan fingerprint density at radius 1 is 1.10 bits per heavy atom. The van der Waals surface area contributed by atoms with Crippen LogP contribution in [0.2, 0.25) is 0 Å². The number of piperazine rings is 1. The summed E-state index contributed by atoms with van der Waals surface area (Å²) in [5.41, 5.74) is 1.33. The minimum absolute atomic E-state index is 0.0613. The van der Waals surface area contributed by atoms with E-state index in [1.807, 2.05) is 0 Å². The molecule has 2 heterocycles. The van der Waals surface area contributed by atoms with Gasteiger partial charge in [0.1, 0.15) is 11.5 Å². The maximum absolute atomic E-state index is 14.4. The second-order valence-electron chi connectivity index (χ2n) is 7.31. The number of aromatic nitrogens is 2. The summed E-state index contributed by atoms with van der Waals surface area (Å²) in [7, 11) is 0. The van der Waals surface area contributed by atoms with Crippen LogP contribution in [0.3, 0.4) is 0 Å². The zero-order chi connectivity index (χ0) is 22.0. The molecule has 0 aliphatic carbocycles. The van der Waals surface area contributed by atoms with Crippen molar-refractivity contribution in [2.45, 2.75) is 6.92 Å². The summed E-state index contributed by atoms with van der Waals surface area (Å²) in [6.45, 7) is 5.77. The average Bonchev–Trinajstić information content (AvgIpc) is 3.24. The number of halogens is 1. The molecule has 8 nitrogen and oxygen atoms in total. The van der Waals surface area contributed by atoms with Crippen molar-refractivity contribution in [3.63, 3.8) is 0 Å². The van der Waals surface area contributed by atoms with Gasteiger partial charge in [-0.25, -0.2) is 9.07 Å². The minimum atomic E-state index is -0.489. The molecule has 1 fully saturated rings. The highest BCUT2D eigenvalue weighted by Gasteiger charge is 2.26. The first-order valence-electron chi connectivity index (χ1n) is 10.1. The number of benzene rings is 2. The number of hydrogen-bond donors (Lipinski definition) is 0. The number of likely N-dealkylation sites (N-methyl/N-ethyl adjacent to an activating group) is 1. The highest BCUT2D eigenvalue weighted by atomic mass is 19.1. The maximum atomic E-state index is 14.4. The first-order chi connectivity index (χ1) is 15.0. The van der Waals surface area contributed by atoms with Crippen LogP contribution in [0, 0.1) is 15.9 Å². The van der Waals surface area contributed by atoms with Crippen molar-refractivity contribution < 1.29 is 14.1 Å². The van der Waals surface area contributed by atoms with Gasteiger partial charge in [-0.1, -0.05) is 19.1 Å². The van der Waals surface area contributed by atoms with Gasteiger partial charge in [0.2, 0.25) is 0 Å². The van der Waals surface area contributed by atoms with Crippen LogP contribution in [-0.4, -0.2) is 63.1 Å². The van der Waals surface area contributed by atoms with Crippen LogP contribution in [0.4, 0.5) is 10.1 Å². The van der Waals surface area contributed by atoms with E-state index in [0.717, 1.165) is 19.6 Å². The van der Waals surface area contributed by atoms with E-state index < -0.39 is 10.7 Å². The molecule has 0 N–H and O–H groups in total. The normalized spacial score (nSPS) is 14.6. The minimum Gasteiger partial charge on any atom is -0.335 e. The summed E-state index contributed by atoms with van der Waals surface area (Å²) in [6, 6.07) is 13.6. The van der Waals surface area contributed by atoms with Crippen LogP contribution in [0.1, 0.15) is 17.4 Å². The van der Waals surface area contributed by atoms with Gasteiger partial charge in [0.05, 0.1) is 16.3 Å². The number of non-ortho nitro benzene ring substituents is 1. The Labute approximate surface area is 178 Å². The summed E-state index contributed by atoms with van der Waals surface area (Å²) in [6.07, 6.45) is 0. The van der Waals surface area contributed by atoms with E-state index in [-0.39, 0.29) is 22.9 Å². The van der Waals surface area contributed by atoms with Crippen molar-refractivity contribution in [1.82, 2.24) is 19.6 Å². The van der Waals surface area contributed by atoms with Crippen LogP contribution in [-0.2, 0) is 0 Å². The van der Waals surface area contributed by atoms with E-state index in [1.54, 1.807) is 29.2 Å². The maximum Gasteiger partial charge on any atom is 0.272 e. The van der Waals surface area contributed by atoms with Crippen LogP contribution in [0.15, 0.2) is 54.6 Å². The molecule has 0 atom stereocenters. The van der Waals surface area contributed by atoms with Gasteiger partial charge in [-0.15, -0.1) is 0 Å². The van der Waals surface area contributed by atoms with Gasteiger partial charge in [-0.3, -0.25) is 14.9 Å². The van der Waals surface area contributed by atoms with Crippen molar-refractivity contribution in [2.75, 3.05) is 32.7 Å². The Morgan fingerprint density at radius 3 is 2.39 bits per heavy atom. The molecule has 0 unspecified atom stereocenters. The molecule has 1 aliphatic rings. The van der Waals surface area contributed by atoms with Crippen LogP contribution in [0.5, 0.6) is 0 Å². The van der Waals surface area contributed by atoms with Crippen molar-refractivity contribution in [3.05, 3.63) is 76.2 Å². The Kier molecular flexibility index (Phi) is 5.77. The fourth-order valence-corrected chi connectivity index (χ4v) is 3.68. The molecule has 2 aromatic carbocycles. The van der Waals surface area contributed by atoms with Crippen molar-refractivity contribution in [2.24, 2.45) is 0 Å². The lowest BCUT2D eigenvalue weighted by Gasteiger charge is -2.34. The van der Waals surface area contributed by atoms with Gasteiger partial charge in [-0.05, 0) is 36.9 Å². The third kappa shape index (κ3) is 4.17. The molecule has 3 aromatic rings. The summed E-state index contributed by atoms with van der Waals surface area (Å²) in [5, 5.41) is 15.5. The van der Waals surface area contributed by atoms with E-state index >= 15 is 0 Å². The number of nitro benzene ring substituents is 1.